The van der Waals surface area contributed by atoms with Gasteiger partial charge in [0.25, 0.3) is 0 Å². The Balaban J connectivity index is 2.81. The van der Waals surface area contributed by atoms with E-state index < -0.39 is 0 Å². The molecule has 0 aromatic heterocycles. The zero-order chi connectivity index (χ0) is 9.68. The summed E-state index contributed by atoms with van der Waals surface area (Å²) < 4.78 is 13.5. The van der Waals surface area contributed by atoms with Gasteiger partial charge in [0.1, 0.15) is 5.82 Å². The highest BCUT2D eigenvalue weighted by Gasteiger charge is 1.98. The third kappa shape index (κ3) is 2.95. The second-order valence-electron chi connectivity index (χ2n) is 2.21. The van der Waals surface area contributed by atoms with Crippen LogP contribution in [0.5, 0.6) is 0 Å². The predicted octanol–water partition coefficient (Wildman–Crippen LogP) is 3.50. The van der Waals surface area contributed by atoms with Crippen molar-refractivity contribution in [2.75, 3.05) is 5.32 Å². The van der Waals surface area contributed by atoms with Gasteiger partial charge in [0, 0.05) is 10.7 Å². The van der Waals surface area contributed by atoms with E-state index in [1.54, 1.807) is 6.07 Å². The molecule has 0 fully saturated rings. The van der Waals surface area contributed by atoms with E-state index in [1.165, 1.54) is 24.5 Å². The molecular formula is C8H7BrFN3. The minimum Gasteiger partial charge on any atom is -0.359 e. The molecule has 0 atom stereocenters. The first-order chi connectivity index (χ1) is 6.24. The van der Waals surface area contributed by atoms with Crippen LogP contribution in [0.2, 0.25) is 0 Å². The summed E-state index contributed by atoms with van der Waals surface area (Å²) in [6.07, 6.45) is 2.71. The summed E-state index contributed by atoms with van der Waals surface area (Å²) in [6, 6.07) is 4.30. The summed E-state index contributed by atoms with van der Waals surface area (Å²) in [7, 11) is 0. The lowest BCUT2D eigenvalue weighted by Crippen LogP contribution is -1.89. The highest BCUT2D eigenvalue weighted by molar-refractivity contribution is 9.10. The third-order valence-corrected chi connectivity index (χ3v) is 2.01. The molecule has 0 spiro atoms. The fourth-order valence-electron chi connectivity index (χ4n) is 0.772. The van der Waals surface area contributed by atoms with Crippen LogP contribution in [0.3, 0.4) is 0 Å². The maximum atomic E-state index is 12.7. The van der Waals surface area contributed by atoms with Gasteiger partial charge < -0.3 is 5.32 Å². The second-order valence-corrected chi connectivity index (χ2v) is 3.07. The number of halogens is 2. The van der Waals surface area contributed by atoms with Crippen molar-refractivity contribution in [3.05, 3.63) is 40.9 Å². The predicted molar refractivity (Wildman–Crippen MR) is 52.0 cm³/mol. The van der Waals surface area contributed by atoms with Crippen molar-refractivity contribution in [1.82, 2.24) is 0 Å². The monoisotopic (exact) mass is 243 g/mol. The van der Waals surface area contributed by atoms with Gasteiger partial charge in [-0.3, -0.25) is 0 Å². The molecule has 0 amide bonds. The number of hydrogen-bond donors (Lipinski definition) is 2. The average Bonchev–Trinajstić information content (AvgIpc) is 2.11. The molecule has 0 bridgehead atoms. The van der Waals surface area contributed by atoms with Crippen molar-refractivity contribution >= 4 is 21.6 Å². The van der Waals surface area contributed by atoms with Gasteiger partial charge in [-0.2, -0.15) is 5.11 Å². The maximum absolute atomic E-state index is 12.7. The summed E-state index contributed by atoms with van der Waals surface area (Å²) in [6.45, 7) is 0. The molecule has 1 aromatic carbocycles. The van der Waals surface area contributed by atoms with Crippen LogP contribution in [-0.4, -0.2) is 0 Å². The van der Waals surface area contributed by atoms with E-state index >= 15 is 0 Å². The molecule has 1 aromatic rings. The van der Waals surface area contributed by atoms with Crippen molar-refractivity contribution in [2.24, 2.45) is 5.11 Å². The first kappa shape index (κ1) is 9.85. The van der Waals surface area contributed by atoms with Gasteiger partial charge in [0.2, 0.25) is 0 Å². The van der Waals surface area contributed by atoms with Crippen LogP contribution < -0.4 is 5.32 Å². The molecular weight excluding hydrogens is 237 g/mol. The Morgan fingerprint density at radius 3 is 3.00 bits per heavy atom. The Bertz CT molecular complexity index is 338. The number of rotatable bonds is 3. The molecule has 68 valence electrons. The Hall–Kier alpha value is -1.23. The molecule has 5 heteroatoms. The summed E-state index contributed by atoms with van der Waals surface area (Å²) in [5, 5.41) is 5.77. The molecule has 0 saturated heterocycles. The minimum atomic E-state index is -0.318. The topological polar surface area (TPSA) is 48.2 Å². The SMILES string of the molecule is N=N/C=C\Nc1cc(F)ccc1Br. The minimum absolute atomic E-state index is 0.318. The molecule has 0 saturated carbocycles. The van der Waals surface area contributed by atoms with E-state index in [0.717, 1.165) is 4.47 Å². The van der Waals surface area contributed by atoms with Crippen LogP contribution in [0.4, 0.5) is 10.1 Å². The molecule has 0 radical (unpaired) electrons. The maximum Gasteiger partial charge on any atom is 0.125 e. The van der Waals surface area contributed by atoms with Crippen LogP contribution in [0.15, 0.2) is 40.2 Å². The number of anilines is 1. The quantitative estimate of drug-likeness (QED) is 0.785. The first-order valence-corrected chi connectivity index (χ1v) is 4.26. The van der Waals surface area contributed by atoms with E-state index in [9.17, 15) is 4.39 Å². The normalized spacial score (nSPS) is 10.3. The van der Waals surface area contributed by atoms with Gasteiger partial charge in [-0.15, -0.1) is 0 Å². The van der Waals surface area contributed by atoms with Crippen LogP contribution in [0.1, 0.15) is 0 Å². The third-order valence-electron chi connectivity index (χ3n) is 1.32. The summed E-state index contributed by atoms with van der Waals surface area (Å²) in [5.74, 6) is -0.318. The zero-order valence-electron chi connectivity index (χ0n) is 6.59. The van der Waals surface area contributed by atoms with Gasteiger partial charge in [0.15, 0.2) is 0 Å². The lowest BCUT2D eigenvalue weighted by Gasteiger charge is -2.02. The fourth-order valence-corrected chi connectivity index (χ4v) is 1.13. The average molecular weight is 244 g/mol. The van der Waals surface area contributed by atoms with E-state index in [4.69, 9.17) is 5.53 Å². The summed E-state index contributed by atoms with van der Waals surface area (Å²) in [5.41, 5.74) is 7.07. The number of hydrogen-bond acceptors (Lipinski definition) is 3. The number of benzene rings is 1. The van der Waals surface area contributed by atoms with Crippen molar-refractivity contribution in [2.45, 2.75) is 0 Å². The molecule has 1 rings (SSSR count). The van der Waals surface area contributed by atoms with Gasteiger partial charge in [-0.1, -0.05) is 0 Å². The Labute approximate surface area is 83.3 Å². The smallest absolute Gasteiger partial charge is 0.125 e. The largest absolute Gasteiger partial charge is 0.359 e. The van der Waals surface area contributed by atoms with E-state index in [1.807, 2.05) is 0 Å². The van der Waals surface area contributed by atoms with Crippen LogP contribution in [0.25, 0.3) is 0 Å². The standard InChI is InChI=1S/C8H7BrFN3/c9-7-2-1-6(10)5-8(7)12-3-4-13-11/h1-5,11-12H/b4-3-,13-11?. The molecule has 13 heavy (non-hydrogen) atoms. The second kappa shape index (κ2) is 4.71. The molecule has 3 nitrogen and oxygen atoms in total. The highest BCUT2D eigenvalue weighted by Crippen LogP contribution is 2.22. The summed E-state index contributed by atoms with van der Waals surface area (Å²) >= 11 is 3.24. The Morgan fingerprint density at radius 1 is 1.54 bits per heavy atom. The lowest BCUT2D eigenvalue weighted by atomic mass is 10.3. The van der Waals surface area contributed by atoms with Crippen LogP contribution >= 0.6 is 15.9 Å². The van der Waals surface area contributed by atoms with Crippen LogP contribution in [-0.2, 0) is 0 Å². The number of nitrogens with zero attached hydrogens (tertiary/aromatic N) is 1. The Morgan fingerprint density at radius 2 is 2.31 bits per heavy atom. The number of nitrogens with one attached hydrogen (secondary N) is 2. The molecule has 2 N–H and O–H groups in total. The van der Waals surface area contributed by atoms with Gasteiger partial charge in [0.05, 0.1) is 11.9 Å². The highest BCUT2D eigenvalue weighted by atomic mass is 79.9. The van der Waals surface area contributed by atoms with Gasteiger partial charge >= 0.3 is 0 Å². The van der Waals surface area contributed by atoms with Crippen molar-refractivity contribution in [1.29, 1.82) is 5.53 Å². The van der Waals surface area contributed by atoms with E-state index in [0.29, 0.717) is 5.69 Å². The zero-order valence-corrected chi connectivity index (χ0v) is 8.18. The van der Waals surface area contributed by atoms with Crippen molar-refractivity contribution in [3.8, 4) is 0 Å². The molecule has 0 aliphatic heterocycles. The molecule has 0 aliphatic carbocycles. The van der Waals surface area contributed by atoms with Crippen molar-refractivity contribution < 1.29 is 4.39 Å². The van der Waals surface area contributed by atoms with Crippen LogP contribution in [0, 0.1) is 11.3 Å². The molecule has 0 unspecified atom stereocenters. The summed E-state index contributed by atoms with van der Waals surface area (Å²) in [4.78, 5) is 0. The molecule has 0 heterocycles. The van der Waals surface area contributed by atoms with E-state index in [2.05, 4.69) is 26.4 Å². The lowest BCUT2D eigenvalue weighted by molar-refractivity contribution is 0.628. The van der Waals surface area contributed by atoms with Gasteiger partial charge in [-0.05, 0) is 34.1 Å². The van der Waals surface area contributed by atoms with Crippen molar-refractivity contribution in [3.63, 3.8) is 0 Å². The fraction of sp³-hybridized carbons (Fsp3) is 0. The van der Waals surface area contributed by atoms with Gasteiger partial charge in [-0.25, -0.2) is 9.92 Å². The molecule has 0 aliphatic rings. The Kier molecular flexibility index (Phi) is 3.57. The first-order valence-electron chi connectivity index (χ1n) is 3.47. The van der Waals surface area contributed by atoms with E-state index in [-0.39, 0.29) is 5.82 Å².